The van der Waals surface area contributed by atoms with Crippen molar-refractivity contribution in [2.45, 2.75) is 16.7 Å². The first-order valence-corrected chi connectivity index (χ1v) is 11.1. The summed E-state index contributed by atoms with van der Waals surface area (Å²) in [5.74, 6) is 2.16. The van der Waals surface area contributed by atoms with Crippen LogP contribution in [0, 0.1) is 5.82 Å². The van der Waals surface area contributed by atoms with Crippen LogP contribution in [-0.4, -0.2) is 26.3 Å². The summed E-state index contributed by atoms with van der Waals surface area (Å²) in [6.45, 7) is 0. The van der Waals surface area contributed by atoms with Gasteiger partial charge >= 0.3 is 0 Å². The second-order valence-corrected chi connectivity index (χ2v) is 8.60. The van der Waals surface area contributed by atoms with Crippen LogP contribution in [0.4, 0.5) is 4.39 Å². The average molecular weight is 466 g/mol. The zero-order chi connectivity index (χ0) is 19.2. The van der Waals surface area contributed by atoms with Gasteiger partial charge in [0.15, 0.2) is 10.9 Å². The molecular formula is C19H17BrFN3OS2. The number of aromatic nitrogens is 3. The van der Waals surface area contributed by atoms with Crippen LogP contribution in [0.1, 0.15) is 21.7 Å². The summed E-state index contributed by atoms with van der Waals surface area (Å²) in [7, 11) is 1.88. The van der Waals surface area contributed by atoms with Crippen molar-refractivity contribution in [1.82, 2.24) is 14.8 Å². The summed E-state index contributed by atoms with van der Waals surface area (Å²) < 4.78 is 16.5. The van der Waals surface area contributed by atoms with Gasteiger partial charge in [0.2, 0.25) is 0 Å². The molecule has 0 aliphatic carbocycles. The maximum Gasteiger partial charge on any atom is 0.191 e. The maximum atomic E-state index is 13.7. The molecule has 3 aromatic rings. The van der Waals surface area contributed by atoms with Crippen molar-refractivity contribution < 1.29 is 9.18 Å². The average Bonchev–Trinajstić information content (AvgIpc) is 3.02. The lowest BCUT2D eigenvalue weighted by molar-refractivity contribution is 0.102. The van der Waals surface area contributed by atoms with Gasteiger partial charge in [-0.1, -0.05) is 58.0 Å². The van der Waals surface area contributed by atoms with Crippen LogP contribution in [-0.2, 0) is 18.6 Å². The molecule has 0 fully saturated rings. The summed E-state index contributed by atoms with van der Waals surface area (Å²) in [4.78, 5) is 12.3. The van der Waals surface area contributed by atoms with E-state index in [9.17, 15) is 9.18 Å². The molecule has 4 nitrogen and oxygen atoms in total. The minimum absolute atomic E-state index is 0.0472. The quantitative estimate of drug-likeness (QED) is 0.341. The number of Topliss-reactive ketones (excluding diaryl/α,β-unsaturated/α-hetero) is 1. The largest absolute Gasteiger partial charge is 0.308 e. The number of hydrogen-bond donors (Lipinski definition) is 0. The molecule has 0 bridgehead atoms. The highest BCUT2D eigenvalue weighted by molar-refractivity contribution is 9.10. The standard InChI is InChI=1S/C19H17BrFN3OS2/c1-24-18(12-26-10-14-4-2-3-5-16(14)21)22-23-19(24)27-11-17(25)13-6-8-15(20)9-7-13/h2-9H,10-12H2,1H3. The summed E-state index contributed by atoms with van der Waals surface area (Å²) in [5, 5.41) is 9.06. The second-order valence-electron chi connectivity index (χ2n) is 5.76. The molecule has 0 spiro atoms. The lowest BCUT2D eigenvalue weighted by atomic mass is 10.2. The van der Waals surface area contributed by atoms with E-state index in [0.29, 0.717) is 33.5 Å². The van der Waals surface area contributed by atoms with Crippen LogP contribution in [0.2, 0.25) is 0 Å². The Labute approximate surface area is 174 Å². The minimum atomic E-state index is -0.189. The fourth-order valence-electron chi connectivity index (χ4n) is 2.31. The van der Waals surface area contributed by atoms with Crippen molar-refractivity contribution >= 4 is 45.2 Å². The van der Waals surface area contributed by atoms with Gasteiger partial charge in [-0.05, 0) is 23.8 Å². The number of hydrogen-bond acceptors (Lipinski definition) is 5. The molecule has 0 aliphatic heterocycles. The summed E-state index contributed by atoms with van der Waals surface area (Å²) in [6, 6.07) is 14.1. The number of nitrogens with zero attached hydrogens (tertiary/aromatic N) is 3. The zero-order valence-electron chi connectivity index (χ0n) is 14.6. The fourth-order valence-corrected chi connectivity index (χ4v) is 4.39. The number of carbonyl (C=O) groups is 1. The molecule has 0 saturated heterocycles. The molecule has 0 aliphatic rings. The summed E-state index contributed by atoms with van der Waals surface area (Å²) >= 11 is 6.31. The Balaban J connectivity index is 1.53. The van der Waals surface area contributed by atoms with Crippen LogP contribution in [0.5, 0.6) is 0 Å². The van der Waals surface area contributed by atoms with Crippen molar-refractivity contribution in [3.05, 3.63) is 75.8 Å². The third kappa shape index (κ3) is 5.43. The predicted octanol–water partition coefficient (Wildman–Crippen LogP) is 5.13. The van der Waals surface area contributed by atoms with E-state index in [0.717, 1.165) is 10.3 Å². The minimum Gasteiger partial charge on any atom is -0.308 e. The van der Waals surface area contributed by atoms with E-state index in [2.05, 4.69) is 26.1 Å². The lowest BCUT2D eigenvalue weighted by Crippen LogP contribution is -2.04. The second kappa shape index (κ2) is 9.52. The molecule has 3 rings (SSSR count). The molecule has 0 N–H and O–H groups in total. The van der Waals surface area contributed by atoms with Crippen molar-refractivity contribution in [2.24, 2.45) is 7.05 Å². The Morgan fingerprint density at radius 3 is 2.59 bits per heavy atom. The number of halogens is 2. The molecule has 27 heavy (non-hydrogen) atoms. The summed E-state index contributed by atoms with van der Waals surface area (Å²) in [6.07, 6.45) is 0. The smallest absolute Gasteiger partial charge is 0.191 e. The number of carbonyl (C=O) groups excluding carboxylic acids is 1. The van der Waals surface area contributed by atoms with Crippen molar-refractivity contribution in [2.75, 3.05) is 5.75 Å². The Morgan fingerprint density at radius 2 is 1.85 bits per heavy atom. The van der Waals surface area contributed by atoms with E-state index in [1.54, 1.807) is 36.0 Å². The van der Waals surface area contributed by atoms with E-state index < -0.39 is 0 Å². The molecule has 0 saturated carbocycles. The highest BCUT2D eigenvalue weighted by Crippen LogP contribution is 2.22. The van der Waals surface area contributed by atoms with Crippen LogP contribution in [0.15, 0.2) is 58.2 Å². The number of ketones is 1. The Morgan fingerprint density at radius 1 is 1.11 bits per heavy atom. The third-order valence-corrected chi connectivity index (χ3v) is 6.40. The highest BCUT2D eigenvalue weighted by Gasteiger charge is 2.13. The molecule has 0 amide bonds. The molecule has 2 aromatic carbocycles. The van der Waals surface area contributed by atoms with E-state index in [1.807, 2.05) is 29.8 Å². The van der Waals surface area contributed by atoms with Gasteiger partial charge in [-0.15, -0.1) is 22.0 Å². The number of rotatable bonds is 8. The van der Waals surface area contributed by atoms with Crippen LogP contribution >= 0.6 is 39.5 Å². The van der Waals surface area contributed by atoms with E-state index in [4.69, 9.17) is 0 Å². The topological polar surface area (TPSA) is 47.8 Å². The Kier molecular flexibility index (Phi) is 7.09. The lowest BCUT2D eigenvalue weighted by Gasteiger charge is -2.05. The maximum absolute atomic E-state index is 13.7. The van der Waals surface area contributed by atoms with Gasteiger partial charge in [0.05, 0.1) is 11.5 Å². The molecule has 0 unspecified atom stereocenters. The fraction of sp³-hybridized carbons (Fsp3) is 0.211. The van der Waals surface area contributed by atoms with Gasteiger partial charge in [-0.2, -0.15) is 0 Å². The van der Waals surface area contributed by atoms with E-state index in [1.165, 1.54) is 17.8 Å². The van der Waals surface area contributed by atoms with E-state index in [-0.39, 0.29) is 11.6 Å². The molecule has 0 radical (unpaired) electrons. The molecular weight excluding hydrogens is 449 g/mol. The Bertz CT molecular complexity index is 931. The van der Waals surface area contributed by atoms with Gasteiger partial charge in [0.25, 0.3) is 0 Å². The van der Waals surface area contributed by atoms with Gasteiger partial charge < -0.3 is 4.57 Å². The van der Waals surface area contributed by atoms with Crippen molar-refractivity contribution in [1.29, 1.82) is 0 Å². The molecule has 8 heteroatoms. The zero-order valence-corrected chi connectivity index (χ0v) is 17.8. The van der Waals surface area contributed by atoms with Crippen LogP contribution in [0.3, 0.4) is 0 Å². The van der Waals surface area contributed by atoms with Gasteiger partial charge in [-0.25, -0.2) is 4.39 Å². The van der Waals surface area contributed by atoms with E-state index >= 15 is 0 Å². The van der Waals surface area contributed by atoms with Crippen LogP contribution in [0.25, 0.3) is 0 Å². The normalized spacial score (nSPS) is 10.9. The third-order valence-electron chi connectivity index (χ3n) is 3.87. The number of thioether (sulfide) groups is 2. The van der Waals surface area contributed by atoms with Gasteiger partial charge in [0, 0.05) is 22.8 Å². The van der Waals surface area contributed by atoms with Crippen molar-refractivity contribution in [3.63, 3.8) is 0 Å². The SMILES string of the molecule is Cn1c(CSCc2ccccc2F)nnc1SCC(=O)c1ccc(Br)cc1. The molecule has 0 atom stereocenters. The predicted molar refractivity (Wildman–Crippen MR) is 112 cm³/mol. The monoisotopic (exact) mass is 465 g/mol. The first-order valence-electron chi connectivity index (χ1n) is 8.15. The van der Waals surface area contributed by atoms with Gasteiger partial charge in [-0.3, -0.25) is 4.79 Å². The molecule has 1 aromatic heterocycles. The molecule has 140 valence electrons. The molecule has 1 heterocycles. The highest BCUT2D eigenvalue weighted by atomic mass is 79.9. The van der Waals surface area contributed by atoms with Crippen LogP contribution < -0.4 is 0 Å². The Hall–Kier alpha value is -1.64. The van der Waals surface area contributed by atoms with Crippen molar-refractivity contribution in [3.8, 4) is 0 Å². The summed E-state index contributed by atoms with van der Waals surface area (Å²) in [5.41, 5.74) is 1.35. The first-order chi connectivity index (χ1) is 13.0. The van der Waals surface area contributed by atoms with Gasteiger partial charge in [0.1, 0.15) is 11.6 Å². The first kappa shape index (κ1) is 20.1. The number of benzene rings is 2.